The van der Waals surface area contributed by atoms with Crippen LogP contribution in [-0.4, -0.2) is 51.0 Å². The van der Waals surface area contributed by atoms with Gasteiger partial charge in [-0.1, -0.05) is 0 Å². The lowest BCUT2D eigenvalue weighted by atomic mass is 10.1. The van der Waals surface area contributed by atoms with Crippen LogP contribution in [0.3, 0.4) is 0 Å². The summed E-state index contributed by atoms with van der Waals surface area (Å²) >= 11 is 0. The monoisotopic (exact) mass is 298 g/mol. The highest BCUT2D eigenvalue weighted by Gasteiger charge is 2.35. The Kier molecular flexibility index (Phi) is 4.01. The average molecular weight is 298 g/mol. The molecule has 110 valence electrons. The molecule has 1 N–H and O–H groups in total. The van der Waals surface area contributed by atoms with Gasteiger partial charge in [0.05, 0.1) is 10.8 Å². The van der Waals surface area contributed by atoms with Crippen LogP contribution >= 0.6 is 0 Å². The van der Waals surface area contributed by atoms with Crippen LogP contribution in [0.15, 0.2) is 29.2 Å². The predicted octanol–water partition coefficient (Wildman–Crippen LogP) is 0.848. The molecule has 1 aromatic carbocycles. The Hall–Kier alpha value is -1.60. The summed E-state index contributed by atoms with van der Waals surface area (Å²) in [6.07, 6.45) is 0.365. The highest BCUT2D eigenvalue weighted by Crippen LogP contribution is 2.25. The van der Waals surface area contributed by atoms with E-state index in [1.807, 2.05) is 19.0 Å². The van der Waals surface area contributed by atoms with E-state index in [0.717, 1.165) is 5.69 Å². The maximum Gasteiger partial charge on any atom is 0.307 e. The summed E-state index contributed by atoms with van der Waals surface area (Å²) in [7, 11) is 0.157. The predicted molar refractivity (Wildman–Crippen MR) is 75.3 cm³/mol. The fourth-order valence-electron chi connectivity index (χ4n) is 2.21. The molecule has 1 aliphatic rings. The molecule has 1 aromatic rings. The first-order valence-corrected chi connectivity index (χ1v) is 7.76. The number of nitrogens with zero attached hydrogens (tertiary/aromatic N) is 2. The van der Waals surface area contributed by atoms with Crippen LogP contribution in [0.25, 0.3) is 0 Å². The molecule has 1 heterocycles. The Morgan fingerprint density at radius 1 is 1.30 bits per heavy atom. The van der Waals surface area contributed by atoms with E-state index in [4.69, 9.17) is 5.11 Å². The smallest absolute Gasteiger partial charge is 0.307 e. The van der Waals surface area contributed by atoms with Crippen molar-refractivity contribution in [1.82, 2.24) is 4.31 Å². The minimum absolute atomic E-state index is 0.0487. The van der Waals surface area contributed by atoms with E-state index in [-0.39, 0.29) is 18.0 Å². The molecule has 0 radical (unpaired) electrons. The van der Waals surface area contributed by atoms with Gasteiger partial charge in [0.15, 0.2) is 0 Å². The Morgan fingerprint density at radius 3 is 2.35 bits per heavy atom. The molecule has 2 rings (SSSR count). The van der Waals surface area contributed by atoms with Crippen molar-refractivity contribution in [1.29, 1.82) is 0 Å². The van der Waals surface area contributed by atoms with Crippen molar-refractivity contribution in [2.75, 3.05) is 32.1 Å². The molecule has 1 unspecified atom stereocenters. The van der Waals surface area contributed by atoms with Crippen LogP contribution in [0.4, 0.5) is 5.69 Å². The van der Waals surface area contributed by atoms with Crippen molar-refractivity contribution in [2.45, 2.75) is 11.3 Å². The summed E-state index contributed by atoms with van der Waals surface area (Å²) in [6.45, 7) is 0.307. The lowest BCUT2D eigenvalue weighted by Crippen LogP contribution is -2.30. The third kappa shape index (κ3) is 2.78. The van der Waals surface area contributed by atoms with Crippen molar-refractivity contribution in [2.24, 2.45) is 5.92 Å². The number of anilines is 1. The van der Waals surface area contributed by atoms with Crippen LogP contribution in [0.5, 0.6) is 0 Å². The SMILES string of the molecule is CN(C)c1ccc(S(=O)(=O)N2CCC(C(=O)O)C2)cc1. The summed E-state index contributed by atoms with van der Waals surface area (Å²) in [6, 6.07) is 6.58. The van der Waals surface area contributed by atoms with Gasteiger partial charge in [-0.05, 0) is 30.7 Å². The van der Waals surface area contributed by atoms with Crippen molar-refractivity contribution in [3.05, 3.63) is 24.3 Å². The number of hydrogen-bond donors (Lipinski definition) is 1. The molecule has 1 aliphatic heterocycles. The first kappa shape index (κ1) is 14.8. The Bertz CT molecular complexity index is 595. The molecule has 0 amide bonds. The van der Waals surface area contributed by atoms with Gasteiger partial charge in [-0.2, -0.15) is 4.31 Å². The first-order chi connectivity index (χ1) is 9.32. The van der Waals surface area contributed by atoms with Gasteiger partial charge in [0.1, 0.15) is 0 Å². The largest absolute Gasteiger partial charge is 0.481 e. The van der Waals surface area contributed by atoms with E-state index in [1.54, 1.807) is 24.3 Å². The molecule has 7 heteroatoms. The second-order valence-electron chi connectivity index (χ2n) is 5.08. The zero-order chi connectivity index (χ0) is 14.9. The van der Waals surface area contributed by atoms with E-state index in [0.29, 0.717) is 6.42 Å². The lowest BCUT2D eigenvalue weighted by molar-refractivity contribution is -0.141. The van der Waals surface area contributed by atoms with Crippen molar-refractivity contribution >= 4 is 21.7 Å². The van der Waals surface area contributed by atoms with Gasteiger partial charge in [0.25, 0.3) is 0 Å². The molecule has 0 saturated carbocycles. The van der Waals surface area contributed by atoms with Crippen molar-refractivity contribution < 1.29 is 18.3 Å². The minimum Gasteiger partial charge on any atom is -0.481 e. The van der Waals surface area contributed by atoms with Gasteiger partial charge in [-0.15, -0.1) is 0 Å². The van der Waals surface area contributed by atoms with Crippen LogP contribution in [0, 0.1) is 5.92 Å². The fourth-order valence-corrected chi connectivity index (χ4v) is 3.71. The summed E-state index contributed by atoms with van der Waals surface area (Å²) < 4.78 is 26.1. The standard InChI is InChI=1S/C13H18N2O4S/c1-14(2)11-3-5-12(6-4-11)20(18,19)15-8-7-10(9-15)13(16)17/h3-6,10H,7-9H2,1-2H3,(H,16,17). The summed E-state index contributed by atoms with van der Waals surface area (Å²) in [5.74, 6) is -1.54. The molecule has 0 aromatic heterocycles. The number of benzene rings is 1. The normalized spacial score (nSPS) is 20.0. The van der Waals surface area contributed by atoms with E-state index in [9.17, 15) is 13.2 Å². The first-order valence-electron chi connectivity index (χ1n) is 6.32. The van der Waals surface area contributed by atoms with Gasteiger partial charge in [-0.25, -0.2) is 8.42 Å². The van der Waals surface area contributed by atoms with E-state index in [2.05, 4.69) is 0 Å². The third-order valence-electron chi connectivity index (χ3n) is 3.49. The maximum atomic E-state index is 12.4. The van der Waals surface area contributed by atoms with E-state index < -0.39 is 21.9 Å². The van der Waals surface area contributed by atoms with Crippen molar-refractivity contribution in [3.8, 4) is 0 Å². The lowest BCUT2D eigenvalue weighted by Gasteiger charge is -2.17. The molecule has 0 aliphatic carbocycles. The topological polar surface area (TPSA) is 77.9 Å². The maximum absolute atomic E-state index is 12.4. The summed E-state index contributed by atoms with van der Waals surface area (Å²) in [5, 5.41) is 8.94. The average Bonchev–Trinajstić information content (AvgIpc) is 2.89. The number of sulfonamides is 1. The molecule has 0 spiro atoms. The molecule has 6 nitrogen and oxygen atoms in total. The van der Waals surface area contributed by atoms with Gasteiger partial charge < -0.3 is 10.0 Å². The van der Waals surface area contributed by atoms with E-state index in [1.165, 1.54) is 4.31 Å². The molecule has 0 bridgehead atoms. The fraction of sp³-hybridized carbons (Fsp3) is 0.462. The molecule has 1 fully saturated rings. The van der Waals surface area contributed by atoms with Gasteiger partial charge in [0.2, 0.25) is 10.0 Å². The van der Waals surface area contributed by atoms with Crippen LogP contribution in [-0.2, 0) is 14.8 Å². The Labute approximate surface area is 118 Å². The number of hydrogen-bond acceptors (Lipinski definition) is 4. The number of aliphatic carboxylic acids is 1. The second kappa shape index (κ2) is 5.41. The van der Waals surface area contributed by atoms with Crippen molar-refractivity contribution in [3.63, 3.8) is 0 Å². The summed E-state index contributed by atoms with van der Waals surface area (Å²) in [4.78, 5) is 13.0. The third-order valence-corrected chi connectivity index (χ3v) is 5.37. The highest BCUT2D eigenvalue weighted by molar-refractivity contribution is 7.89. The number of carbonyl (C=O) groups is 1. The van der Waals surface area contributed by atoms with Crippen LogP contribution in [0.1, 0.15) is 6.42 Å². The molecule has 20 heavy (non-hydrogen) atoms. The highest BCUT2D eigenvalue weighted by atomic mass is 32.2. The molecular formula is C13H18N2O4S. The quantitative estimate of drug-likeness (QED) is 0.891. The van der Waals surface area contributed by atoms with Gasteiger partial charge in [0, 0.05) is 32.9 Å². The van der Waals surface area contributed by atoms with Gasteiger partial charge >= 0.3 is 5.97 Å². The Balaban J connectivity index is 2.21. The second-order valence-corrected chi connectivity index (χ2v) is 7.01. The molecule has 1 atom stereocenters. The summed E-state index contributed by atoms with van der Waals surface area (Å²) in [5.41, 5.74) is 0.911. The molecular weight excluding hydrogens is 280 g/mol. The number of rotatable bonds is 4. The van der Waals surface area contributed by atoms with Gasteiger partial charge in [-0.3, -0.25) is 4.79 Å². The van der Waals surface area contributed by atoms with Crippen LogP contribution < -0.4 is 4.90 Å². The molecule has 1 saturated heterocycles. The Morgan fingerprint density at radius 2 is 1.90 bits per heavy atom. The zero-order valence-corrected chi connectivity index (χ0v) is 12.3. The number of carboxylic acids is 1. The van der Waals surface area contributed by atoms with Crippen LogP contribution in [0.2, 0.25) is 0 Å². The number of carboxylic acid groups (broad SMARTS) is 1. The van der Waals surface area contributed by atoms with E-state index >= 15 is 0 Å². The minimum atomic E-state index is -3.60. The zero-order valence-electron chi connectivity index (χ0n) is 11.5.